The SMILES string of the molecule is CCOC1CC(N)(C(=O)NCCCc2nnc(SC)n2CC(C)C)C1(C)C.Cl. The normalized spacial score (nSPS) is 23.2. The van der Waals surface area contributed by atoms with E-state index in [-0.39, 0.29) is 29.8 Å². The number of nitrogens with one attached hydrogen (secondary N) is 1. The number of carbonyl (C=O) groups excluding carboxylic acids is 1. The molecular formula is C19H36ClN5O2S. The minimum Gasteiger partial charge on any atom is -0.378 e. The third-order valence-electron chi connectivity index (χ3n) is 5.62. The number of aromatic nitrogens is 3. The molecule has 7 nitrogen and oxygen atoms in total. The van der Waals surface area contributed by atoms with Gasteiger partial charge in [0.25, 0.3) is 0 Å². The quantitative estimate of drug-likeness (QED) is 0.435. The first-order chi connectivity index (χ1) is 12.7. The van der Waals surface area contributed by atoms with Crippen molar-refractivity contribution in [3.63, 3.8) is 0 Å². The van der Waals surface area contributed by atoms with Crippen molar-refractivity contribution in [1.82, 2.24) is 20.1 Å². The Morgan fingerprint density at radius 1 is 1.43 bits per heavy atom. The second-order valence-corrected chi connectivity index (χ2v) is 9.08. The Hall–Kier alpha value is -0.830. The van der Waals surface area contributed by atoms with Crippen LogP contribution >= 0.6 is 24.2 Å². The summed E-state index contributed by atoms with van der Waals surface area (Å²) < 4.78 is 7.88. The number of nitrogens with two attached hydrogens (primary N) is 1. The van der Waals surface area contributed by atoms with Crippen LogP contribution in [-0.4, -0.2) is 51.7 Å². The van der Waals surface area contributed by atoms with E-state index in [0.29, 0.717) is 25.5 Å². The van der Waals surface area contributed by atoms with E-state index in [1.54, 1.807) is 11.8 Å². The summed E-state index contributed by atoms with van der Waals surface area (Å²) in [6, 6.07) is 0. The number of thioether (sulfide) groups is 1. The molecule has 1 aliphatic carbocycles. The number of amides is 1. The van der Waals surface area contributed by atoms with Gasteiger partial charge in [-0.15, -0.1) is 22.6 Å². The first-order valence-corrected chi connectivity index (χ1v) is 11.0. The number of hydrogen-bond acceptors (Lipinski definition) is 6. The topological polar surface area (TPSA) is 95.1 Å². The second kappa shape index (κ2) is 10.3. The van der Waals surface area contributed by atoms with Crippen molar-refractivity contribution in [2.75, 3.05) is 19.4 Å². The molecule has 1 aromatic heterocycles. The lowest BCUT2D eigenvalue weighted by Gasteiger charge is -2.57. The molecule has 0 aliphatic heterocycles. The molecule has 1 aliphatic rings. The van der Waals surface area contributed by atoms with Crippen LogP contribution in [0.5, 0.6) is 0 Å². The summed E-state index contributed by atoms with van der Waals surface area (Å²) in [7, 11) is 0. The van der Waals surface area contributed by atoms with Crippen LogP contribution in [0.15, 0.2) is 5.16 Å². The number of rotatable bonds is 10. The van der Waals surface area contributed by atoms with Crippen LogP contribution in [0.25, 0.3) is 0 Å². The molecule has 2 atom stereocenters. The molecule has 0 saturated heterocycles. The van der Waals surface area contributed by atoms with Gasteiger partial charge in [-0.05, 0) is 25.5 Å². The van der Waals surface area contributed by atoms with Crippen molar-refractivity contribution in [1.29, 1.82) is 0 Å². The Kier molecular flexibility index (Phi) is 9.25. The molecule has 0 radical (unpaired) electrons. The number of aryl methyl sites for hydroxylation is 1. The smallest absolute Gasteiger partial charge is 0.240 e. The highest BCUT2D eigenvalue weighted by Gasteiger charge is 2.62. The van der Waals surface area contributed by atoms with Crippen molar-refractivity contribution >= 4 is 30.1 Å². The van der Waals surface area contributed by atoms with Crippen LogP contribution in [0.3, 0.4) is 0 Å². The fourth-order valence-corrected chi connectivity index (χ4v) is 4.15. The van der Waals surface area contributed by atoms with Crippen molar-refractivity contribution in [2.24, 2.45) is 17.1 Å². The molecule has 1 saturated carbocycles. The van der Waals surface area contributed by atoms with Crippen LogP contribution < -0.4 is 11.1 Å². The first kappa shape index (κ1) is 25.2. The zero-order valence-electron chi connectivity index (χ0n) is 17.9. The molecule has 9 heteroatoms. The van der Waals surface area contributed by atoms with Gasteiger partial charge < -0.3 is 20.4 Å². The minimum atomic E-state index is -0.865. The van der Waals surface area contributed by atoms with Gasteiger partial charge in [0.05, 0.1) is 6.10 Å². The largest absolute Gasteiger partial charge is 0.378 e. The summed E-state index contributed by atoms with van der Waals surface area (Å²) in [4.78, 5) is 12.7. The summed E-state index contributed by atoms with van der Waals surface area (Å²) >= 11 is 1.61. The Morgan fingerprint density at radius 3 is 2.64 bits per heavy atom. The molecule has 162 valence electrons. The highest BCUT2D eigenvalue weighted by molar-refractivity contribution is 7.98. The molecule has 2 unspecified atom stereocenters. The average Bonchev–Trinajstić information content (AvgIpc) is 2.99. The summed E-state index contributed by atoms with van der Waals surface area (Å²) in [6.45, 7) is 12.5. The lowest BCUT2D eigenvalue weighted by atomic mass is 9.54. The highest BCUT2D eigenvalue weighted by atomic mass is 35.5. The Bertz CT molecular complexity index is 652. The van der Waals surface area contributed by atoms with Crippen molar-refractivity contribution < 1.29 is 9.53 Å². The van der Waals surface area contributed by atoms with E-state index >= 15 is 0 Å². The standard InChI is InChI=1S/C19H35N5O2S.ClH/c1-7-26-14-11-19(20,18(14,4)5)16(25)21-10-8-9-15-22-23-17(27-6)24(15)12-13(2)3;/h13-14H,7-12,20H2,1-6H3,(H,21,25);1H. The van der Waals surface area contributed by atoms with Gasteiger partial charge in [0.1, 0.15) is 11.4 Å². The van der Waals surface area contributed by atoms with Gasteiger partial charge in [-0.3, -0.25) is 4.79 Å². The number of carbonyl (C=O) groups is 1. The maximum Gasteiger partial charge on any atom is 0.240 e. The van der Waals surface area contributed by atoms with Crippen LogP contribution in [0.4, 0.5) is 0 Å². The first-order valence-electron chi connectivity index (χ1n) is 9.82. The lowest BCUT2D eigenvalue weighted by molar-refractivity contribution is -0.170. The van der Waals surface area contributed by atoms with Gasteiger partial charge in [-0.2, -0.15) is 0 Å². The lowest BCUT2D eigenvalue weighted by Crippen LogP contribution is -2.75. The van der Waals surface area contributed by atoms with Crippen LogP contribution in [0.2, 0.25) is 0 Å². The average molecular weight is 434 g/mol. The third-order valence-corrected chi connectivity index (χ3v) is 6.29. The van der Waals surface area contributed by atoms with Gasteiger partial charge in [-0.1, -0.05) is 39.5 Å². The van der Waals surface area contributed by atoms with Crippen molar-refractivity contribution in [3.05, 3.63) is 5.82 Å². The fraction of sp³-hybridized carbons (Fsp3) is 0.842. The van der Waals surface area contributed by atoms with Gasteiger partial charge in [0.2, 0.25) is 5.91 Å². The molecule has 1 heterocycles. The van der Waals surface area contributed by atoms with Crippen molar-refractivity contribution in [3.8, 4) is 0 Å². The second-order valence-electron chi connectivity index (χ2n) is 8.31. The zero-order chi connectivity index (χ0) is 20.2. The Balaban J connectivity index is 0.00000392. The molecular weight excluding hydrogens is 398 g/mol. The maximum atomic E-state index is 12.7. The van der Waals surface area contributed by atoms with E-state index in [0.717, 1.165) is 30.4 Å². The fourth-order valence-electron chi connectivity index (χ4n) is 3.63. The molecule has 0 spiro atoms. The summed E-state index contributed by atoms with van der Waals surface area (Å²) in [6.07, 6.45) is 4.21. The van der Waals surface area contributed by atoms with E-state index in [9.17, 15) is 4.79 Å². The van der Waals surface area contributed by atoms with E-state index in [2.05, 4.69) is 33.9 Å². The van der Waals surface area contributed by atoms with E-state index in [4.69, 9.17) is 10.5 Å². The Morgan fingerprint density at radius 2 is 2.11 bits per heavy atom. The predicted octanol–water partition coefficient (Wildman–Crippen LogP) is 2.66. The number of ether oxygens (including phenoxy) is 1. The van der Waals surface area contributed by atoms with Gasteiger partial charge in [0.15, 0.2) is 5.16 Å². The van der Waals surface area contributed by atoms with E-state index in [1.165, 1.54) is 0 Å². The molecule has 28 heavy (non-hydrogen) atoms. The highest BCUT2D eigenvalue weighted by Crippen LogP contribution is 2.49. The van der Waals surface area contributed by atoms with E-state index in [1.807, 2.05) is 27.0 Å². The third kappa shape index (κ3) is 5.01. The number of halogens is 1. The summed E-state index contributed by atoms with van der Waals surface area (Å²) in [5.41, 5.74) is 5.19. The maximum absolute atomic E-state index is 12.7. The van der Waals surface area contributed by atoms with Crippen LogP contribution in [0.1, 0.15) is 53.3 Å². The van der Waals surface area contributed by atoms with E-state index < -0.39 is 5.54 Å². The molecule has 0 aromatic carbocycles. The van der Waals surface area contributed by atoms with Crippen LogP contribution in [0, 0.1) is 11.3 Å². The summed E-state index contributed by atoms with van der Waals surface area (Å²) in [5, 5.41) is 12.5. The molecule has 1 amide bonds. The zero-order valence-corrected chi connectivity index (χ0v) is 19.6. The minimum absolute atomic E-state index is 0. The van der Waals surface area contributed by atoms with Crippen molar-refractivity contribution in [2.45, 2.75) is 77.2 Å². The number of hydrogen-bond donors (Lipinski definition) is 2. The molecule has 1 fully saturated rings. The molecule has 2 rings (SSSR count). The molecule has 3 N–H and O–H groups in total. The summed E-state index contributed by atoms with van der Waals surface area (Å²) in [5.74, 6) is 1.42. The van der Waals surface area contributed by atoms with Gasteiger partial charge >= 0.3 is 0 Å². The van der Waals surface area contributed by atoms with Gasteiger partial charge in [-0.25, -0.2) is 0 Å². The van der Waals surface area contributed by atoms with Crippen LogP contribution in [-0.2, 0) is 22.5 Å². The van der Waals surface area contributed by atoms with Gasteiger partial charge in [0, 0.05) is 38.0 Å². The molecule has 1 aromatic rings. The predicted molar refractivity (Wildman–Crippen MR) is 116 cm³/mol. The number of nitrogens with zero attached hydrogens (tertiary/aromatic N) is 3. The Labute approximate surface area is 179 Å². The monoisotopic (exact) mass is 433 g/mol. The molecule has 0 bridgehead atoms.